The second-order valence-corrected chi connectivity index (χ2v) is 7.78. The van der Waals surface area contributed by atoms with Crippen molar-refractivity contribution < 1.29 is 27.1 Å². The zero-order valence-electron chi connectivity index (χ0n) is 14.6. The van der Waals surface area contributed by atoms with E-state index < -0.39 is 21.7 Å². The van der Waals surface area contributed by atoms with Gasteiger partial charge in [-0.1, -0.05) is 0 Å². The van der Waals surface area contributed by atoms with Crippen molar-refractivity contribution in [1.82, 2.24) is 4.31 Å². The number of anilines is 1. The van der Waals surface area contributed by atoms with E-state index in [-0.39, 0.29) is 16.2 Å². The number of halogens is 1. The number of hydrogen-bond acceptors (Lipinski definition) is 5. The topological polar surface area (TPSA) is 84.9 Å². The van der Waals surface area contributed by atoms with E-state index in [4.69, 9.17) is 9.47 Å². The maximum absolute atomic E-state index is 13.7. The number of methoxy groups -OCH3 is 1. The van der Waals surface area contributed by atoms with Crippen molar-refractivity contribution in [2.45, 2.75) is 4.90 Å². The molecule has 0 unspecified atom stereocenters. The van der Waals surface area contributed by atoms with Crippen LogP contribution in [-0.4, -0.2) is 52.0 Å². The highest BCUT2D eigenvalue weighted by molar-refractivity contribution is 7.89. The van der Waals surface area contributed by atoms with Crippen molar-refractivity contribution in [1.29, 1.82) is 0 Å². The zero-order valence-corrected chi connectivity index (χ0v) is 15.5. The predicted octanol–water partition coefficient (Wildman–Crippen LogP) is 2.11. The highest BCUT2D eigenvalue weighted by Crippen LogP contribution is 2.21. The number of ether oxygens (including phenoxy) is 2. The number of amides is 1. The van der Waals surface area contributed by atoms with E-state index >= 15 is 0 Å². The standard InChI is InChI=1S/C18H19FN2O5S/c1-25-17-7-2-13(12-16(17)19)18(22)20-14-3-5-15(6-4-14)27(23,24)21-8-10-26-11-9-21/h2-7,12H,8-11H2,1H3,(H,20,22). The van der Waals surface area contributed by atoms with Crippen LogP contribution in [-0.2, 0) is 14.8 Å². The molecule has 1 aliphatic heterocycles. The van der Waals surface area contributed by atoms with Crippen LogP contribution in [0.1, 0.15) is 10.4 Å². The van der Waals surface area contributed by atoms with Crippen molar-refractivity contribution in [3.05, 3.63) is 53.8 Å². The monoisotopic (exact) mass is 394 g/mol. The van der Waals surface area contributed by atoms with E-state index in [1.807, 2.05) is 0 Å². The Hall–Kier alpha value is -2.49. The summed E-state index contributed by atoms with van der Waals surface area (Å²) in [4.78, 5) is 12.4. The van der Waals surface area contributed by atoms with Crippen LogP contribution >= 0.6 is 0 Å². The molecule has 9 heteroatoms. The lowest BCUT2D eigenvalue weighted by Gasteiger charge is -2.26. The predicted molar refractivity (Wildman–Crippen MR) is 96.9 cm³/mol. The summed E-state index contributed by atoms with van der Waals surface area (Å²) in [5, 5.41) is 2.61. The van der Waals surface area contributed by atoms with Gasteiger partial charge in [0.25, 0.3) is 5.91 Å². The fourth-order valence-electron chi connectivity index (χ4n) is 2.66. The van der Waals surface area contributed by atoms with Crippen LogP contribution in [0.25, 0.3) is 0 Å². The zero-order chi connectivity index (χ0) is 19.4. The summed E-state index contributed by atoms with van der Waals surface area (Å²) in [7, 11) is -2.26. The van der Waals surface area contributed by atoms with Gasteiger partial charge in [-0.05, 0) is 42.5 Å². The van der Waals surface area contributed by atoms with Crippen LogP contribution in [0.4, 0.5) is 10.1 Å². The Bertz CT molecular complexity index is 925. The van der Waals surface area contributed by atoms with Gasteiger partial charge in [0.05, 0.1) is 25.2 Å². The normalized spacial score (nSPS) is 15.3. The summed E-state index contributed by atoms with van der Waals surface area (Å²) in [5.41, 5.74) is 0.524. The molecule has 7 nitrogen and oxygen atoms in total. The van der Waals surface area contributed by atoms with Crippen molar-refractivity contribution in [2.24, 2.45) is 0 Å². The third kappa shape index (κ3) is 4.26. The Balaban J connectivity index is 1.72. The fourth-order valence-corrected chi connectivity index (χ4v) is 4.07. The second kappa shape index (κ2) is 8.03. The molecule has 0 saturated carbocycles. The van der Waals surface area contributed by atoms with Crippen LogP contribution in [0.5, 0.6) is 5.75 Å². The third-order valence-electron chi connectivity index (χ3n) is 4.13. The Labute approximate surface area is 156 Å². The molecule has 0 radical (unpaired) electrons. The van der Waals surface area contributed by atoms with E-state index in [9.17, 15) is 17.6 Å². The first-order valence-corrected chi connectivity index (χ1v) is 9.68. The summed E-state index contributed by atoms with van der Waals surface area (Å²) in [6.07, 6.45) is 0. The molecular formula is C18H19FN2O5S. The van der Waals surface area contributed by atoms with Crippen molar-refractivity contribution in [2.75, 3.05) is 38.7 Å². The number of hydrogen-bond donors (Lipinski definition) is 1. The van der Waals surface area contributed by atoms with Gasteiger partial charge in [-0.3, -0.25) is 4.79 Å². The average molecular weight is 394 g/mol. The van der Waals surface area contributed by atoms with Crippen LogP contribution in [0.3, 0.4) is 0 Å². The summed E-state index contributed by atoms with van der Waals surface area (Å²) >= 11 is 0. The maximum atomic E-state index is 13.7. The lowest BCUT2D eigenvalue weighted by molar-refractivity contribution is 0.0730. The molecule has 0 aromatic heterocycles. The molecular weight excluding hydrogens is 375 g/mol. The maximum Gasteiger partial charge on any atom is 0.255 e. The van der Waals surface area contributed by atoms with Gasteiger partial charge in [0.1, 0.15) is 0 Å². The fraction of sp³-hybridized carbons (Fsp3) is 0.278. The summed E-state index contributed by atoms with van der Waals surface area (Å²) in [5.74, 6) is -1.11. The molecule has 1 N–H and O–H groups in total. The van der Waals surface area contributed by atoms with E-state index in [0.717, 1.165) is 6.07 Å². The van der Waals surface area contributed by atoms with Gasteiger partial charge >= 0.3 is 0 Å². The van der Waals surface area contributed by atoms with Crippen molar-refractivity contribution in [3.63, 3.8) is 0 Å². The Morgan fingerprint density at radius 2 is 1.81 bits per heavy atom. The highest BCUT2D eigenvalue weighted by Gasteiger charge is 2.26. The summed E-state index contributed by atoms with van der Waals surface area (Å²) < 4.78 is 50.2. The van der Waals surface area contributed by atoms with Crippen LogP contribution in [0.2, 0.25) is 0 Å². The van der Waals surface area contributed by atoms with Gasteiger partial charge in [0.2, 0.25) is 10.0 Å². The van der Waals surface area contributed by atoms with E-state index in [1.54, 1.807) is 0 Å². The van der Waals surface area contributed by atoms with Gasteiger partial charge in [0, 0.05) is 24.3 Å². The van der Waals surface area contributed by atoms with Crippen LogP contribution < -0.4 is 10.1 Å². The van der Waals surface area contributed by atoms with Gasteiger partial charge in [-0.15, -0.1) is 0 Å². The molecule has 0 bridgehead atoms. The molecule has 2 aromatic rings. The number of rotatable bonds is 5. The molecule has 1 amide bonds. The molecule has 0 aliphatic carbocycles. The number of nitrogens with zero attached hydrogens (tertiary/aromatic N) is 1. The molecule has 1 saturated heterocycles. The second-order valence-electron chi connectivity index (χ2n) is 5.84. The summed E-state index contributed by atoms with van der Waals surface area (Å²) in [6.45, 7) is 1.35. The quantitative estimate of drug-likeness (QED) is 0.840. The van der Waals surface area contributed by atoms with Gasteiger partial charge < -0.3 is 14.8 Å². The van der Waals surface area contributed by atoms with E-state index in [2.05, 4.69) is 5.32 Å². The Kier molecular flexibility index (Phi) is 5.73. The molecule has 144 valence electrons. The molecule has 1 fully saturated rings. The van der Waals surface area contributed by atoms with Crippen LogP contribution in [0, 0.1) is 5.82 Å². The molecule has 27 heavy (non-hydrogen) atoms. The number of benzene rings is 2. The number of morpholine rings is 1. The first-order valence-electron chi connectivity index (χ1n) is 8.24. The van der Waals surface area contributed by atoms with Gasteiger partial charge in [0.15, 0.2) is 11.6 Å². The number of nitrogens with one attached hydrogen (secondary N) is 1. The molecule has 0 atom stereocenters. The van der Waals surface area contributed by atoms with E-state index in [0.29, 0.717) is 32.0 Å². The first kappa shape index (κ1) is 19.3. The Morgan fingerprint density at radius 3 is 2.41 bits per heavy atom. The molecule has 3 rings (SSSR count). The lowest BCUT2D eigenvalue weighted by Crippen LogP contribution is -2.40. The summed E-state index contributed by atoms with van der Waals surface area (Å²) in [6, 6.07) is 9.71. The third-order valence-corrected chi connectivity index (χ3v) is 6.05. The smallest absolute Gasteiger partial charge is 0.255 e. The Morgan fingerprint density at radius 1 is 1.15 bits per heavy atom. The molecule has 1 aliphatic rings. The van der Waals surface area contributed by atoms with Gasteiger partial charge in [-0.25, -0.2) is 12.8 Å². The molecule has 1 heterocycles. The van der Waals surface area contributed by atoms with E-state index in [1.165, 1.54) is 47.8 Å². The first-order chi connectivity index (χ1) is 12.9. The largest absolute Gasteiger partial charge is 0.494 e. The molecule has 2 aromatic carbocycles. The minimum absolute atomic E-state index is 0.0456. The number of sulfonamides is 1. The SMILES string of the molecule is COc1ccc(C(=O)Nc2ccc(S(=O)(=O)N3CCOCC3)cc2)cc1F. The number of carbonyl (C=O) groups is 1. The van der Waals surface area contributed by atoms with Crippen LogP contribution in [0.15, 0.2) is 47.4 Å². The average Bonchev–Trinajstić information content (AvgIpc) is 2.69. The highest BCUT2D eigenvalue weighted by atomic mass is 32.2. The minimum Gasteiger partial charge on any atom is -0.494 e. The lowest BCUT2D eigenvalue weighted by atomic mass is 10.2. The van der Waals surface area contributed by atoms with Crippen molar-refractivity contribution in [3.8, 4) is 5.75 Å². The van der Waals surface area contributed by atoms with Gasteiger partial charge in [-0.2, -0.15) is 4.31 Å². The number of carbonyl (C=O) groups excluding carboxylic acids is 1. The minimum atomic E-state index is -3.60. The van der Waals surface area contributed by atoms with Crippen molar-refractivity contribution >= 4 is 21.6 Å². The molecule has 0 spiro atoms.